The highest BCUT2D eigenvalue weighted by molar-refractivity contribution is 5.55. The third-order valence-electron chi connectivity index (χ3n) is 2.88. The number of benzene rings is 2. The Balaban J connectivity index is 2.19. The van der Waals surface area contributed by atoms with E-state index in [0.717, 1.165) is 29.8 Å². The summed E-state index contributed by atoms with van der Waals surface area (Å²) in [7, 11) is 0. The molecule has 0 aliphatic carbocycles. The highest BCUT2D eigenvalue weighted by Crippen LogP contribution is 2.17. The van der Waals surface area contributed by atoms with Gasteiger partial charge in [0, 0.05) is 11.4 Å². The van der Waals surface area contributed by atoms with Crippen LogP contribution >= 0.6 is 0 Å². The van der Waals surface area contributed by atoms with Crippen LogP contribution in [0.1, 0.15) is 23.6 Å². The summed E-state index contributed by atoms with van der Waals surface area (Å²) in [5.74, 6) is 0. The Bertz CT molecular complexity index is 481. The number of rotatable bonds is 3. The zero-order chi connectivity index (χ0) is 12.3. The van der Waals surface area contributed by atoms with Crippen molar-refractivity contribution in [3.05, 3.63) is 59.2 Å². The fraction of sp³-hybridized carbons (Fsp3) is 0.200. The van der Waals surface area contributed by atoms with Gasteiger partial charge in [-0.25, -0.2) is 0 Å². The fourth-order valence-electron chi connectivity index (χ4n) is 1.98. The molecule has 0 aliphatic rings. The first-order valence-corrected chi connectivity index (χ1v) is 5.90. The standard InChI is InChI=1S/C15H18N2/c1-2-11-3-5-12(6-4-11)7-13-8-14(16)10-15(17)9-13/h3-6,8-10H,2,7,16-17H2,1H3. The zero-order valence-corrected chi connectivity index (χ0v) is 10.1. The second-order valence-corrected chi connectivity index (χ2v) is 4.35. The SMILES string of the molecule is CCc1ccc(Cc2cc(N)cc(N)c2)cc1. The lowest BCUT2D eigenvalue weighted by Crippen LogP contribution is -1.95. The van der Waals surface area contributed by atoms with Crippen molar-refractivity contribution in [2.24, 2.45) is 0 Å². The first kappa shape index (κ1) is 11.5. The smallest absolute Gasteiger partial charge is 0.0337 e. The van der Waals surface area contributed by atoms with Crippen LogP contribution < -0.4 is 11.5 Å². The van der Waals surface area contributed by atoms with Crippen molar-refractivity contribution in [3.63, 3.8) is 0 Å². The first-order valence-electron chi connectivity index (χ1n) is 5.90. The van der Waals surface area contributed by atoms with Crippen LogP contribution in [-0.2, 0) is 12.8 Å². The number of hydrogen-bond acceptors (Lipinski definition) is 2. The average molecular weight is 226 g/mol. The molecule has 4 N–H and O–H groups in total. The molecule has 0 spiro atoms. The summed E-state index contributed by atoms with van der Waals surface area (Å²) in [5.41, 5.74) is 16.8. The predicted molar refractivity (Wildman–Crippen MR) is 73.9 cm³/mol. The lowest BCUT2D eigenvalue weighted by Gasteiger charge is -2.06. The Morgan fingerprint density at radius 3 is 1.82 bits per heavy atom. The van der Waals surface area contributed by atoms with Crippen LogP contribution in [0.5, 0.6) is 0 Å². The molecule has 17 heavy (non-hydrogen) atoms. The maximum Gasteiger partial charge on any atom is 0.0337 e. The molecule has 0 amide bonds. The number of hydrogen-bond donors (Lipinski definition) is 2. The Morgan fingerprint density at radius 2 is 1.29 bits per heavy atom. The van der Waals surface area contributed by atoms with Crippen LogP contribution in [0.4, 0.5) is 11.4 Å². The van der Waals surface area contributed by atoms with Gasteiger partial charge in [0.05, 0.1) is 0 Å². The Labute approximate surface area is 102 Å². The van der Waals surface area contributed by atoms with Gasteiger partial charge in [-0.05, 0) is 47.7 Å². The summed E-state index contributed by atoms with van der Waals surface area (Å²) >= 11 is 0. The van der Waals surface area contributed by atoms with Gasteiger partial charge in [-0.15, -0.1) is 0 Å². The third kappa shape index (κ3) is 3.00. The van der Waals surface area contributed by atoms with Crippen molar-refractivity contribution in [2.75, 3.05) is 11.5 Å². The highest BCUT2D eigenvalue weighted by atomic mass is 14.6. The largest absolute Gasteiger partial charge is 0.399 e. The molecule has 0 fully saturated rings. The maximum atomic E-state index is 5.78. The monoisotopic (exact) mass is 226 g/mol. The molecular formula is C15H18N2. The second-order valence-electron chi connectivity index (χ2n) is 4.35. The van der Waals surface area contributed by atoms with E-state index in [0.29, 0.717) is 0 Å². The lowest BCUT2D eigenvalue weighted by atomic mass is 10.0. The van der Waals surface area contributed by atoms with Crippen molar-refractivity contribution in [3.8, 4) is 0 Å². The van der Waals surface area contributed by atoms with Crippen molar-refractivity contribution in [1.82, 2.24) is 0 Å². The van der Waals surface area contributed by atoms with Gasteiger partial charge in [0.25, 0.3) is 0 Å². The Kier molecular flexibility index (Phi) is 3.33. The van der Waals surface area contributed by atoms with Crippen molar-refractivity contribution in [2.45, 2.75) is 19.8 Å². The van der Waals surface area contributed by atoms with Crippen LogP contribution in [0.25, 0.3) is 0 Å². The summed E-state index contributed by atoms with van der Waals surface area (Å²) < 4.78 is 0. The normalized spacial score (nSPS) is 10.4. The lowest BCUT2D eigenvalue weighted by molar-refractivity contribution is 1.12. The van der Waals surface area contributed by atoms with E-state index in [-0.39, 0.29) is 0 Å². The molecule has 0 aromatic heterocycles. The van der Waals surface area contributed by atoms with Crippen LogP contribution in [0.3, 0.4) is 0 Å². The molecule has 2 heteroatoms. The van der Waals surface area contributed by atoms with Crippen molar-refractivity contribution < 1.29 is 0 Å². The topological polar surface area (TPSA) is 52.0 Å². The third-order valence-corrected chi connectivity index (χ3v) is 2.88. The van der Waals surface area contributed by atoms with Crippen molar-refractivity contribution in [1.29, 1.82) is 0 Å². The summed E-state index contributed by atoms with van der Waals surface area (Å²) in [4.78, 5) is 0. The van der Waals surface area contributed by atoms with Gasteiger partial charge in [-0.3, -0.25) is 0 Å². The number of anilines is 2. The van der Waals surface area contributed by atoms with Crippen LogP contribution in [-0.4, -0.2) is 0 Å². The molecule has 0 atom stereocenters. The molecule has 0 radical (unpaired) electrons. The molecule has 2 nitrogen and oxygen atoms in total. The Hall–Kier alpha value is -1.96. The average Bonchev–Trinajstić information content (AvgIpc) is 2.28. The van der Waals surface area contributed by atoms with Crippen molar-refractivity contribution >= 4 is 11.4 Å². The van der Waals surface area contributed by atoms with Gasteiger partial charge < -0.3 is 11.5 Å². The summed E-state index contributed by atoms with van der Waals surface area (Å²) in [6.07, 6.45) is 1.95. The molecule has 2 rings (SSSR count). The minimum atomic E-state index is 0.727. The second kappa shape index (κ2) is 4.91. The van der Waals surface area contributed by atoms with Gasteiger partial charge in [-0.1, -0.05) is 31.2 Å². The van der Waals surface area contributed by atoms with Gasteiger partial charge in [0.15, 0.2) is 0 Å². The quantitative estimate of drug-likeness (QED) is 0.790. The van der Waals surface area contributed by atoms with E-state index in [1.54, 1.807) is 6.07 Å². The number of aryl methyl sites for hydroxylation is 1. The van der Waals surface area contributed by atoms with E-state index in [1.807, 2.05) is 12.1 Å². The fourth-order valence-corrected chi connectivity index (χ4v) is 1.98. The maximum absolute atomic E-state index is 5.78. The summed E-state index contributed by atoms with van der Waals surface area (Å²) in [6, 6.07) is 14.4. The van der Waals surface area contributed by atoms with Crippen LogP contribution in [0, 0.1) is 0 Å². The molecule has 0 unspecified atom stereocenters. The molecule has 0 aliphatic heterocycles. The minimum absolute atomic E-state index is 0.727. The number of nitrogen functional groups attached to an aromatic ring is 2. The van der Waals surface area contributed by atoms with E-state index in [2.05, 4.69) is 31.2 Å². The highest BCUT2D eigenvalue weighted by Gasteiger charge is 1.99. The van der Waals surface area contributed by atoms with E-state index >= 15 is 0 Å². The van der Waals surface area contributed by atoms with Crippen LogP contribution in [0.15, 0.2) is 42.5 Å². The zero-order valence-electron chi connectivity index (χ0n) is 10.1. The van der Waals surface area contributed by atoms with E-state index in [4.69, 9.17) is 11.5 Å². The molecule has 0 heterocycles. The summed E-state index contributed by atoms with van der Waals surface area (Å²) in [5, 5.41) is 0. The van der Waals surface area contributed by atoms with Gasteiger partial charge in [0.1, 0.15) is 0 Å². The minimum Gasteiger partial charge on any atom is -0.399 e. The molecule has 2 aromatic carbocycles. The molecular weight excluding hydrogens is 208 g/mol. The summed E-state index contributed by atoms with van der Waals surface area (Å²) in [6.45, 7) is 2.16. The molecule has 0 bridgehead atoms. The predicted octanol–water partition coefficient (Wildman–Crippen LogP) is 3.00. The Morgan fingerprint density at radius 1 is 0.765 bits per heavy atom. The first-order chi connectivity index (χ1) is 8.17. The molecule has 0 saturated carbocycles. The van der Waals surface area contributed by atoms with Crippen LogP contribution in [0.2, 0.25) is 0 Å². The van der Waals surface area contributed by atoms with E-state index in [9.17, 15) is 0 Å². The number of nitrogens with two attached hydrogens (primary N) is 2. The molecule has 0 saturated heterocycles. The van der Waals surface area contributed by atoms with Gasteiger partial charge >= 0.3 is 0 Å². The van der Waals surface area contributed by atoms with E-state index < -0.39 is 0 Å². The van der Waals surface area contributed by atoms with Gasteiger partial charge in [-0.2, -0.15) is 0 Å². The van der Waals surface area contributed by atoms with E-state index in [1.165, 1.54) is 11.1 Å². The molecule has 88 valence electrons. The van der Waals surface area contributed by atoms with Gasteiger partial charge in [0.2, 0.25) is 0 Å². The molecule has 2 aromatic rings.